The van der Waals surface area contributed by atoms with Crippen LogP contribution in [0.4, 0.5) is 0 Å². The Balaban J connectivity index is 1.38. The van der Waals surface area contributed by atoms with Gasteiger partial charge in [-0.05, 0) is 68.7 Å². The van der Waals surface area contributed by atoms with Crippen molar-refractivity contribution in [2.75, 3.05) is 13.1 Å². The van der Waals surface area contributed by atoms with Crippen LogP contribution in [0.5, 0.6) is 0 Å². The van der Waals surface area contributed by atoms with Crippen LogP contribution in [0.1, 0.15) is 65.7 Å². The second-order valence-corrected chi connectivity index (χ2v) is 10.7. The molecule has 2 heterocycles. The largest absolute Gasteiger partial charge is 0.481 e. The van der Waals surface area contributed by atoms with Gasteiger partial charge in [-0.3, -0.25) is 9.59 Å². The third kappa shape index (κ3) is 6.17. The summed E-state index contributed by atoms with van der Waals surface area (Å²) in [5.41, 5.74) is 7.20. The van der Waals surface area contributed by atoms with E-state index in [2.05, 4.69) is 36.4 Å². The smallest absolute Gasteiger partial charge is 0.306 e. The first kappa shape index (κ1) is 26.5. The fraction of sp³-hybridized carbons (Fsp3) is 0.333. The van der Waals surface area contributed by atoms with Gasteiger partial charge in [0, 0.05) is 24.2 Å². The van der Waals surface area contributed by atoms with Crippen molar-refractivity contribution in [1.29, 1.82) is 0 Å². The molecule has 1 amide bonds. The van der Waals surface area contributed by atoms with Crippen LogP contribution in [0, 0.1) is 12.8 Å². The number of aromatic nitrogens is 2. The quantitative estimate of drug-likeness (QED) is 0.280. The number of rotatable bonds is 8. The molecule has 1 aromatic heterocycles. The lowest BCUT2D eigenvalue weighted by molar-refractivity contribution is -0.141. The van der Waals surface area contributed by atoms with Crippen LogP contribution >= 0.6 is 0 Å². The van der Waals surface area contributed by atoms with E-state index in [-0.39, 0.29) is 5.91 Å². The molecule has 1 aliphatic rings. The SMILES string of the molecule is Cc1ccc(-c2nc3ccc(C(=O)N4CCC(c5ccccc5)CC4)cc3nc2CCCC(C)C(=O)O)cc1. The predicted octanol–water partition coefficient (Wildman–Crippen LogP) is 6.67. The highest BCUT2D eigenvalue weighted by atomic mass is 16.4. The molecule has 6 heteroatoms. The summed E-state index contributed by atoms with van der Waals surface area (Å²) >= 11 is 0. The maximum absolute atomic E-state index is 13.4. The second-order valence-electron chi connectivity index (χ2n) is 10.7. The summed E-state index contributed by atoms with van der Waals surface area (Å²) in [7, 11) is 0. The molecule has 39 heavy (non-hydrogen) atoms. The molecule has 1 N–H and O–H groups in total. The Morgan fingerprint density at radius 3 is 2.36 bits per heavy atom. The van der Waals surface area contributed by atoms with E-state index in [0.29, 0.717) is 36.3 Å². The summed E-state index contributed by atoms with van der Waals surface area (Å²) in [6.45, 7) is 5.26. The van der Waals surface area contributed by atoms with Gasteiger partial charge in [0.05, 0.1) is 28.3 Å². The van der Waals surface area contributed by atoms with Gasteiger partial charge in [0.2, 0.25) is 0 Å². The van der Waals surface area contributed by atoms with E-state index in [1.165, 1.54) is 11.1 Å². The zero-order valence-corrected chi connectivity index (χ0v) is 22.6. The topological polar surface area (TPSA) is 83.4 Å². The second kappa shape index (κ2) is 11.8. The molecular formula is C33H35N3O3. The van der Waals surface area contributed by atoms with Crippen molar-refractivity contribution in [2.24, 2.45) is 5.92 Å². The Hall–Kier alpha value is -4.06. The van der Waals surface area contributed by atoms with Gasteiger partial charge in [-0.25, -0.2) is 9.97 Å². The minimum Gasteiger partial charge on any atom is -0.481 e. The summed E-state index contributed by atoms with van der Waals surface area (Å²) in [4.78, 5) is 36.6. The first-order valence-electron chi connectivity index (χ1n) is 13.8. The number of nitrogens with zero attached hydrogens (tertiary/aromatic N) is 3. The standard InChI is InChI=1S/C33H35N3O3/c1-22-11-13-26(14-12-22)31-29(10-6-7-23(2)33(38)39)34-30-21-27(15-16-28(30)35-31)32(37)36-19-17-25(18-20-36)24-8-4-3-5-9-24/h3-5,8-9,11-16,21,23,25H,6-7,10,17-20H2,1-2H3,(H,38,39). The number of fused-ring (bicyclic) bond motifs is 1. The average Bonchev–Trinajstić information content (AvgIpc) is 2.97. The van der Waals surface area contributed by atoms with Crippen LogP contribution < -0.4 is 0 Å². The summed E-state index contributed by atoms with van der Waals surface area (Å²) < 4.78 is 0. The monoisotopic (exact) mass is 521 g/mol. The fourth-order valence-corrected chi connectivity index (χ4v) is 5.36. The number of benzene rings is 3. The number of carbonyl (C=O) groups excluding carboxylic acids is 1. The molecule has 0 saturated carbocycles. The molecule has 1 atom stereocenters. The number of carbonyl (C=O) groups is 2. The minimum atomic E-state index is -0.783. The van der Waals surface area contributed by atoms with E-state index in [0.717, 1.165) is 48.4 Å². The van der Waals surface area contributed by atoms with Gasteiger partial charge in [-0.1, -0.05) is 67.1 Å². The molecule has 0 bridgehead atoms. The number of hydrogen-bond donors (Lipinski definition) is 1. The van der Waals surface area contributed by atoms with Gasteiger partial charge in [0.1, 0.15) is 0 Å². The molecule has 0 radical (unpaired) electrons. The molecule has 0 aliphatic carbocycles. The zero-order chi connectivity index (χ0) is 27.4. The number of amides is 1. The summed E-state index contributed by atoms with van der Waals surface area (Å²) in [6.07, 6.45) is 3.81. The van der Waals surface area contributed by atoms with E-state index >= 15 is 0 Å². The highest BCUT2D eigenvalue weighted by molar-refractivity contribution is 5.97. The van der Waals surface area contributed by atoms with Crippen molar-refractivity contribution in [1.82, 2.24) is 14.9 Å². The van der Waals surface area contributed by atoms with Crippen LogP contribution in [-0.2, 0) is 11.2 Å². The molecule has 6 nitrogen and oxygen atoms in total. The third-order valence-electron chi connectivity index (χ3n) is 7.83. The van der Waals surface area contributed by atoms with Crippen molar-refractivity contribution in [3.05, 3.63) is 95.2 Å². The van der Waals surface area contributed by atoms with Crippen LogP contribution in [0.15, 0.2) is 72.8 Å². The maximum Gasteiger partial charge on any atom is 0.306 e. The lowest BCUT2D eigenvalue weighted by atomic mass is 9.89. The van der Waals surface area contributed by atoms with Gasteiger partial charge < -0.3 is 10.0 Å². The normalized spacial score (nSPS) is 14.9. The molecule has 1 unspecified atom stereocenters. The Morgan fingerprint density at radius 2 is 1.67 bits per heavy atom. The molecule has 1 fully saturated rings. The Morgan fingerprint density at radius 1 is 0.949 bits per heavy atom. The molecule has 1 saturated heterocycles. The lowest BCUT2D eigenvalue weighted by Crippen LogP contribution is -2.37. The van der Waals surface area contributed by atoms with E-state index in [4.69, 9.17) is 9.97 Å². The van der Waals surface area contributed by atoms with Crippen LogP contribution in [0.25, 0.3) is 22.3 Å². The molecule has 1 aliphatic heterocycles. The number of hydrogen-bond acceptors (Lipinski definition) is 4. The average molecular weight is 522 g/mol. The molecule has 200 valence electrons. The van der Waals surface area contributed by atoms with Crippen molar-refractivity contribution < 1.29 is 14.7 Å². The summed E-state index contributed by atoms with van der Waals surface area (Å²) in [5, 5.41) is 9.28. The molecule has 3 aromatic carbocycles. The molecule has 5 rings (SSSR count). The van der Waals surface area contributed by atoms with Crippen molar-refractivity contribution in [3.63, 3.8) is 0 Å². The summed E-state index contributed by atoms with van der Waals surface area (Å²) in [5.74, 6) is -0.667. The van der Waals surface area contributed by atoms with Crippen molar-refractivity contribution in [3.8, 4) is 11.3 Å². The van der Waals surface area contributed by atoms with Gasteiger partial charge >= 0.3 is 5.97 Å². The highest BCUT2D eigenvalue weighted by Gasteiger charge is 2.25. The fourth-order valence-electron chi connectivity index (χ4n) is 5.36. The zero-order valence-electron chi connectivity index (χ0n) is 22.6. The van der Waals surface area contributed by atoms with E-state index in [1.54, 1.807) is 6.92 Å². The lowest BCUT2D eigenvalue weighted by Gasteiger charge is -2.32. The third-order valence-corrected chi connectivity index (χ3v) is 7.83. The molecule has 4 aromatic rings. The van der Waals surface area contributed by atoms with Crippen LogP contribution in [0.3, 0.4) is 0 Å². The number of carboxylic acids is 1. The van der Waals surface area contributed by atoms with Crippen molar-refractivity contribution in [2.45, 2.75) is 51.9 Å². The number of aliphatic carboxylic acids is 1. The predicted molar refractivity (Wildman–Crippen MR) is 154 cm³/mol. The van der Waals surface area contributed by atoms with Crippen LogP contribution in [0.2, 0.25) is 0 Å². The Kier molecular flexibility index (Phi) is 8.01. The van der Waals surface area contributed by atoms with E-state index in [9.17, 15) is 14.7 Å². The first-order valence-corrected chi connectivity index (χ1v) is 13.8. The molecular weight excluding hydrogens is 486 g/mol. The van der Waals surface area contributed by atoms with Gasteiger partial charge in [-0.15, -0.1) is 0 Å². The van der Waals surface area contributed by atoms with Crippen LogP contribution in [-0.4, -0.2) is 44.9 Å². The minimum absolute atomic E-state index is 0.0321. The number of likely N-dealkylation sites (tertiary alicyclic amines) is 1. The van der Waals surface area contributed by atoms with E-state index < -0.39 is 11.9 Å². The van der Waals surface area contributed by atoms with Gasteiger partial charge in [-0.2, -0.15) is 0 Å². The Bertz CT molecular complexity index is 1460. The van der Waals surface area contributed by atoms with E-state index in [1.807, 2.05) is 48.2 Å². The number of aryl methyl sites for hydroxylation is 2. The Labute approximate surface area is 229 Å². The van der Waals surface area contributed by atoms with Gasteiger partial charge in [0.25, 0.3) is 5.91 Å². The first-order chi connectivity index (χ1) is 18.9. The number of carboxylic acid groups (broad SMARTS) is 1. The number of piperidine rings is 1. The van der Waals surface area contributed by atoms with Gasteiger partial charge in [0.15, 0.2) is 0 Å². The maximum atomic E-state index is 13.4. The highest BCUT2D eigenvalue weighted by Crippen LogP contribution is 2.30. The molecule has 0 spiro atoms. The summed E-state index contributed by atoms with van der Waals surface area (Å²) in [6, 6.07) is 24.4. The van der Waals surface area contributed by atoms with Crippen molar-refractivity contribution >= 4 is 22.9 Å².